The Kier molecular flexibility index (Phi) is 4.61. The summed E-state index contributed by atoms with van der Waals surface area (Å²) in [5, 5.41) is 20.0. The summed E-state index contributed by atoms with van der Waals surface area (Å²) in [5.41, 5.74) is 1.64. The molecule has 1 N–H and O–H groups in total. The molecule has 0 unspecified atom stereocenters. The normalized spacial score (nSPS) is 13.7. The predicted octanol–water partition coefficient (Wildman–Crippen LogP) is 5.36. The smallest absolute Gasteiger partial charge is 0.261 e. The molecule has 6 nitrogen and oxygen atoms in total. The van der Waals surface area contributed by atoms with E-state index in [4.69, 9.17) is 0 Å². The highest BCUT2D eigenvalue weighted by Gasteiger charge is 2.33. The number of hydrogen-bond donors (Lipinski definition) is 1. The Balaban J connectivity index is 1.87. The van der Waals surface area contributed by atoms with Crippen LogP contribution >= 0.6 is 0 Å². The van der Waals surface area contributed by atoms with E-state index in [-0.39, 0.29) is 23.3 Å². The highest BCUT2D eigenvalue weighted by atomic mass is 16.3. The van der Waals surface area contributed by atoms with Crippen molar-refractivity contribution in [1.82, 2.24) is 4.90 Å². The molecule has 2 amide bonds. The average molecular weight is 373 g/mol. The fourth-order valence-corrected chi connectivity index (χ4v) is 3.41. The zero-order chi connectivity index (χ0) is 19.7. The Morgan fingerprint density at radius 3 is 2.43 bits per heavy atom. The third-order valence-electron chi connectivity index (χ3n) is 4.82. The van der Waals surface area contributed by atoms with Gasteiger partial charge in [-0.1, -0.05) is 43.7 Å². The third kappa shape index (κ3) is 2.93. The number of unbranched alkanes of at least 4 members (excludes halogenated alkanes) is 1. The van der Waals surface area contributed by atoms with Crippen LogP contribution in [0, 0.1) is 0 Å². The van der Waals surface area contributed by atoms with Gasteiger partial charge in [-0.05, 0) is 30.7 Å². The lowest BCUT2D eigenvalue weighted by molar-refractivity contribution is 0.0608. The maximum atomic E-state index is 12.9. The minimum absolute atomic E-state index is 0.141. The first-order valence-electron chi connectivity index (χ1n) is 9.23. The number of phenols is 1. The molecule has 0 aliphatic carbocycles. The van der Waals surface area contributed by atoms with E-state index < -0.39 is 0 Å². The maximum Gasteiger partial charge on any atom is 0.261 e. The fraction of sp³-hybridized carbons (Fsp3) is 0.182. The van der Waals surface area contributed by atoms with Crippen molar-refractivity contribution in [3.63, 3.8) is 0 Å². The van der Waals surface area contributed by atoms with Gasteiger partial charge < -0.3 is 5.11 Å². The van der Waals surface area contributed by atoms with Crippen LogP contribution in [0.4, 0.5) is 11.4 Å². The molecule has 0 spiro atoms. The van der Waals surface area contributed by atoms with Gasteiger partial charge in [0.05, 0.1) is 11.3 Å². The molecule has 4 rings (SSSR count). The molecule has 28 heavy (non-hydrogen) atoms. The first kappa shape index (κ1) is 17.9. The van der Waals surface area contributed by atoms with Crippen LogP contribution < -0.4 is 0 Å². The van der Waals surface area contributed by atoms with E-state index in [0.717, 1.165) is 12.8 Å². The standard InChI is InChI=1S/C22H19N3O3/c1-2-3-12-25-21(27)16-11-7-10-15-19(16)17(22(25)28)13-18(26)20(15)24-23-14-8-5-4-6-9-14/h4-11,13,26H,2-3,12H2,1H3. The summed E-state index contributed by atoms with van der Waals surface area (Å²) < 4.78 is 0. The van der Waals surface area contributed by atoms with Crippen molar-refractivity contribution in [3.8, 4) is 5.75 Å². The number of rotatable bonds is 5. The van der Waals surface area contributed by atoms with Crippen molar-refractivity contribution in [3.05, 3.63) is 65.7 Å². The predicted molar refractivity (Wildman–Crippen MR) is 107 cm³/mol. The molecule has 0 aromatic heterocycles. The average Bonchev–Trinajstić information content (AvgIpc) is 2.72. The molecule has 0 fully saturated rings. The largest absolute Gasteiger partial charge is 0.506 e. The zero-order valence-corrected chi connectivity index (χ0v) is 15.4. The molecule has 1 aliphatic rings. The molecule has 3 aromatic carbocycles. The first-order chi connectivity index (χ1) is 13.6. The number of imide groups is 1. The molecule has 0 saturated heterocycles. The minimum atomic E-state index is -0.385. The number of aromatic hydroxyl groups is 1. The second-order valence-electron chi connectivity index (χ2n) is 6.67. The second-order valence-corrected chi connectivity index (χ2v) is 6.67. The molecular formula is C22H19N3O3. The third-order valence-corrected chi connectivity index (χ3v) is 4.82. The lowest BCUT2D eigenvalue weighted by Crippen LogP contribution is -2.40. The van der Waals surface area contributed by atoms with Gasteiger partial charge in [0, 0.05) is 22.9 Å². The molecule has 3 aromatic rings. The van der Waals surface area contributed by atoms with Crippen LogP contribution in [-0.2, 0) is 0 Å². The zero-order valence-electron chi connectivity index (χ0n) is 15.4. The van der Waals surface area contributed by atoms with Gasteiger partial charge in [-0.2, -0.15) is 5.11 Å². The van der Waals surface area contributed by atoms with Gasteiger partial charge in [-0.25, -0.2) is 0 Å². The summed E-state index contributed by atoms with van der Waals surface area (Å²) in [6.45, 7) is 2.36. The van der Waals surface area contributed by atoms with Crippen LogP contribution in [-0.4, -0.2) is 28.4 Å². The van der Waals surface area contributed by atoms with E-state index in [0.29, 0.717) is 34.1 Å². The van der Waals surface area contributed by atoms with Crippen molar-refractivity contribution < 1.29 is 14.7 Å². The van der Waals surface area contributed by atoms with Crippen LogP contribution in [0.2, 0.25) is 0 Å². The molecule has 1 heterocycles. The van der Waals surface area contributed by atoms with Gasteiger partial charge in [0.1, 0.15) is 11.4 Å². The van der Waals surface area contributed by atoms with E-state index >= 15 is 0 Å². The molecular weight excluding hydrogens is 354 g/mol. The molecule has 0 radical (unpaired) electrons. The highest BCUT2D eigenvalue weighted by molar-refractivity contribution is 6.27. The second kappa shape index (κ2) is 7.23. The number of amides is 2. The number of nitrogens with zero attached hydrogens (tertiary/aromatic N) is 3. The van der Waals surface area contributed by atoms with Crippen LogP contribution in [0.3, 0.4) is 0 Å². The SMILES string of the molecule is CCCCN1C(=O)c2cccc3c(N=Nc4ccccc4)c(O)cc(c23)C1=O. The van der Waals surface area contributed by atoms with Crippen LogP contribution in [0.25, 0.3) is 10.8 Å². The number of azo groups is 1. The summed E-state index contributed by atoms with van der Waals surface area (Å²) in [6.07, 6.45) is 1.61. The van der Waals surface area contributed by atoms with Crippen molar-refractivity contribution in [2.24, 2.45) is 10.2 Å². The van der Waals surface area contributed by atoms with Gasteiger partial charge in [-0.15, -0.1) is 5.11 Å². The molecule has 0 atom stereocenters. The lowest BCUT2D eigenvalue weighted by atomic mass is 9.92. The molecule has 0 saturated carbocycles. The number of carbonyl (C=O) groups is 2. The lowest BCUT2D eigenvalue weighted by Gasteiger charge is -2.27. The summed E-state index contributed by atoms with van der Waals surface area (Å²) in [5.74, 6) is -0.838. The van der Waals surface area contributed by atoms with E-state index in [1.165, 1.54) is 11.0 Å². The van der Waals surface area contributed by atoms with E-state index in [2.05, 4.69) is 10.2 Å². The monoisotopic (exact) mass is 373 g/mol. The molecule has 1 aliphatic heterocycles. The minimum Gasteiger partial charge on any atom is -0.506 e. The topological polar surface area (TPSA) is 82.3 Å². The Morgan fingerprint density at radius 1 is 0.929 bits per heavy atom. The van der Waals surface area contributed by atoms with Gasteiger partial charge in [0.25, 0.3) is 11.8 Å². The van der Waals surface area contributed by atoms with Crippen molar-refractivity contribution >= 4 is 34.0 Å². The van der Waals surface area contributed by atoms with E-state index in [9.17, 15) is 14.7 Å². The Labute approximate surface area is 162 Å². The number of benzene rings is 3. The van der Waals surface area contributed by atoms with Gasteiger partial charge in [0.2, 0.25) is 0 Å². The van der Waals surface area contributed by atoms with Crippen LogP contribution in [0.5, 0.6) is 5.75 Å². The van der Waals surface area contributed by atoms with Gasteiger partial charge >= 0.3 is 0 Å². The summed E-state index contributed by atoms with van der Waals surface area (Å²) in [6, 6.07) is 15.7. The van der Waals surface area contributed by atoms with Crippen molar-refractivity contribution in [1.29, 1.82) is 0 Å². The Hall–Kier alpha value is -3.54. The fourth-order valence-electron chi connectivity index (χ4n) is 3.41. The number of phenolic OH excluding ortho intramolecular Hbond substituents is 1. The summed E-state index contributed by atoms with van der Waals surface area (Å²) in [4.78, 5) is 27.0. The van der Waals surface area contributed by atoms with E-state index in [1.807, 2.05) is 25.1 Å². The molecule has 140 valence electrons. The van der Waals surface area contributed by atoms with Gasteiger partial charge in [-0.3, -0.25) is 14.5 Å². The van der Waals surface area contributed by atoms with Crippen molar-refractivity contribution in [2.75, 3.05) is 6.54 Å². The molecule has 0 bridgehead atoms. The van der Waals surface area contributed by atoms with Gasteiger partial charge in [0.15, 0.2) is 0 Å². The number of carbonyl (C=O) groups excluding carboxylic acids is 2. The highest BCUT2D eigenvalue weighted by Crippen LogP contribution is 2.42. The van der Waals surface area contributed by atoms with Crippen LogP contribution in [0.15, 0.2) is 64.8 Å². The first-order valence-corrected chi connectivity index (χ1v) is 9.23. The summed E-state index contributed by atoms with van der Waals surface area (Å²) in [7, 11) is 0. The Morgan fingerprint density at radius 2 is 1.68 bits per heavy atom. The van der Waals surface area contributed by atoms with Crippen molar-refractivity contribution in [2.45, 2.75) is 19.8 Å². The van der Waals surface area contributed by atoms with Crippen LogP contribution in [0.1, 0.15) is 40.5 Å². The molecule has 6 heteroatoms. The van der Waals surface area contributed by atoms with E-state index in [1.54, 1.807) is 30.3 Å². The summed E-state index contributed by atoms with van der Waals surface area (Å²) >= 11 is 0. The number of hydrogen-bond acceptors (Lipinski definition) is 5. The maximum absolute atomic E-state index is 12.9. The Bertz CT molecular complexity index is 1110. The quantitative estimate of drug-likeness (QED) is 0.483.